The van der Waals surface area contributed by atoms with Gasteiger partial charge in [0.15, 0.2) is 0 Å². The summed E-state index contributed by atoms with van der Waals surface area (Å²) in [6.07, 6.45) is -2.38. The fourth-order valence-electron chi connectivity index (χ4n) is 3.18. The third-order valence-corrected chi connectivity index (χ3v) is 4.34. The lowest BCUT2D eigenvalue weighted by molar-refractivity contribution is -0.137. The van der Waals surface area contributed by atoms with Gasteiger partial charge < -0.3 is 10.6 Å². The van der Waals surface area contributed by atoms with Crippen LogP contribution in [0.25, 0.3) is 0 Å². The molecule has 1 aromatic carbocycles. The molecule has 2 N–H and O–H groups in total. The Morgan fingerprint density at radius 1 is 1.30 bits per heavy atom. The van der Waals surface area contributed by atoms with Gasteiger partial charge in [-0.2, -0.15) is 13.2 Å². The number of piperidine rings is 1. The summed E-state index contributed by atoms with van der Waals surface area (Å²) in [5.74, 6) is 0.169. The molecule has 0 spiro atoms. The number of carbonyl (C=O) groups excluding carboxylic acids is 1. The second-order valence-electron chi connectivity index (χ2n) is 5.91. The van der Waals surface area contributed by atoms with Gasteiger partial charge in [0.25, 0.3) is 0 Å². The van der Waals surface area contributed by atoms with E-state index in [0.29, 0.717) is 6.54 Å². The van der Waals surface area contributed by atoms with Gasteiger partial charge in [0.05, 0.1) is 5.56 Å². The van der Waals surface area contributed by atoms with E-state index in [1.165, 1.54) is 0 Å². The molecule has 2 amide bonds. The number of alkyl halides is 3. The van der Waals surface area contributed by atoms with Gasteiger partial charge in [-0.3, -0.25) is 4.90 Å². The zero-order valence-corrected chi connectivity index (χ0v) is 13.3. The Hall–Kier alpha value is -1.76. The lowest BCUT2D eigenvalue weighted by Gasteiger charge is -2.39. The number of likely N-dealkylation sites (tertiary alicyclic amines) is 1. The second kappa shape index (κ2) is 7.21. The minimum atomic E-state index is -4.32. The summed E-state index contributed by atoms with van der Waals surface area (Å²) >= 11 is 0. The van der Waals surface area contributed by atoms with Crippen molar-refractivity contribution in [1.82, 2.24) is 15.5 Å². The Morgan fingerprint density at radius 2 is 1.96 bits per heavy atom. The van der Waals surface area contributed by atoms with Crippen molar-refractivity contribution in [2.75, 3.05) is 27.2 Å². The van der Waals surface area contributed by atoms with Crippen molar-refractivity contribution in [3.63, 3.8) is 0 Å². The van der Waals surface area contributed by atoms with Gasteiger partial charge in [-0.25, -0.2) is 4.79 Å². The minimum absolute atomic E-state index is 0.00295. The van der Waals surface area contributed by atoms with Crippen LogP contribution in [0.5, 0.6) is 0 Å². The third kappa shape index (κ3) is 4.37. The molecular weight excluding hydrogens is 307 g/mol. The predicted molar refractivity (Wildman–Crippen MR) is 82.0 cm³/mol. The summed E-state index contributed by atoms with van der Waals surface area (Å²) in [5.41, 5.74) is 0.212. The topological polar surface area (TPSA) is 44.4 Å². The number of hydrogen-bond acceptors (Lipinski definition) is 2. The Bertz CT molecular complexity index is 530. The number of urea groups is 1. The Balaban J connectivity index is 2.16. The summed E-state index contributed by atoms with van der Waals surface area (Å²) in [7, 11) is 3.52. The largest absolute Gasteiger partial charge is 0.416 e. The van der Waals surface area contributed by atoms with Crippen LogP contribution in [0.3, 0.4) is 0 Å². The first-order valence-electron chi connectivity index (χ1n) is 7.66. The van der Waals surface area contributed by atoms with E-state index >= 15 is 0 Å². The van der Waals surface area contributed by atoms with Crippen molar-refractivity contribution in [1.29, 1.82) is 0 Å². The first kappa shape index (κ1) is 17.6. The van der Waals surface area contributed by atoms with Crippen molar-refractivity contribution >= 4 is 6.03 Å². The molecule has 1 fully saturated rings. The monoisotopic (exact) mass is 329 g/mol. The molecule has 2 atom stereocenters. The summed E-state index contributed by atoms with van der Waals surface area (Å²) < 4.78 is 38.1. The van der Waals surface area contributed by atoms with E-state index in [1.807, 2.05) is 7.05 Å². The lowest BCUT2D eigenvalue weighted by Crippen LogP contribution is -2.43. The highest BCUT2D eigenvalue weighted by molar-refractivity contribution is 5.73. The van der Waals surface area contributed by atoms with Gasteiger partial charge in [-0.15, -0.1) is 0 Å². The van der Waals surface area contributed by atoms with E-state index in [9.17, 15) is 18.0 Å². The van der Waals surface area contributed by atoms with E-state index in [0.717, 1.165) is 37.1 Å². The molecule has 1 aromatic rings. The maximum atomic E-state index is 12.7. The van der Waals surface area contributed by atoms with Crippen LogP contribution in [0.2, 0.25) is 0 Å². The maximum absolute atomic E-state index is 12.7. The van der Waals surface area contributed by atoms with E-state index in [4.69, 9.17) is 0 Å². The molecule has 1 heterocycles. The van der Waals surface area contributed by atoms with E-state index in [1.54, 1.807) is 19.2 Å². The highest BCUT2D eigenvalue weighted by atomic mass is 19.4. The van der Waals surface area contributed by atoms with Crippen LogP contribution < -0.4 is 10.6 Å². The third-order valence-electron chi connectivity index (χ3n) is 4.34. The van der Waals surface area contributed by atoms with Crippen molar-refractivity contribution in [2.24, 2.45) is 5.92 Å². The van der Waals surface area contributed by atoms with Crippen LogP contribution in [0.1, 0.15) is 30.0 Å². The Morgan fingerprint density at radius 3 is 2.52 bits per heavy atom. The summed E-state index contributed by atoms with van der Waals surface area (Å²) in [5, 5.41) is 5.31. The van der Waals surface area contributed by atoms with Crippen LogP contribution >= 0.6 is 0 Å². The number of nitrogens with zero attached hydrogens (tertiary/aromatic N) is 1. The molecule has 0 bridgehead atoms. The van der Waals surface area contributed by atoms with Gasteiger partial charge in [0, 0.05) is 19.6 Å². The molecule has 1 saturated heterocycles. The van der Waals surface area contributed by atoms with Crippen LogP contribution in [-0.4, -0.2) is 38.1 Å². The maximum Gasteiger partial charge on any atom is 0.416 e. The zero-order chi connectivity index (χ0) is 17.0. The predicted octanol–water partition coefficient (Wildman–Crippen LogP) is 3.02. The van der Waals surface area contributed by atoms with Gasteiger partial charge in [-0.1, -0.05) is 12.1 Å². The molecule has 0 aliphatic carbocycles. The highest BCUT2D eigenvalue weighted by Crippen LogP contribution is 2.36. The first-order chi connectivity index (χ1) is 10.8. The van der Waals surface area contributed by atoms with Crippen molar-refractivity contribution < 1.29 is 18.0 Å². The van der Waals surface area contributed by atoms with Crippen molar-refractivity contribution in [3.05, 3.63) is 35.4 Å². The van der Waals surface area contributed by atoms with E-state index in [-0.39, 0.29) is 18.0 Å². The fourth-order valence-corrected chi connectivity index (χ4v) is 3.18. The number of rotatable bonds is 3. The summed E-state index contributed by atoms with van der Waals surface area (Å²) in [6, 6.07) is 5.10. The van der Waals surface area contributed by atoms with Crippen molar-refractivity contribution in [3.8, 4) is 0 Å². The highest BCUT2D eigenvalue weighted by Gasteiger charge is 2.33. The zero-order valence-electron chi connectivity index (χ0n) is 13.3. The van der Waals surface area contributed by atoms with Crippen LogP contribution in [-0.2, 0) is 6.18 Å². The number of hydrogen-bond donors (Lipinski definition) is 2. The molecule has 0 saturated carbocycles. The normalized spacial score (nSPS) is 22.7. The smallest absolute Gasteiger partial charge is 0.341 e. The molecule has 4 nitrogen and oxygen atoms in total. The molecule has 23 heavy (non-hydrogen) atoms. The Kier molecular flexibility index (Phi) is 5.51. The molecule has 1 aliphatic heterocycles. The minimum Gasteiger partial charge on any atom is -0.341 e. The molecule has 1 aliphatic rings. The first-order valence-corrected chi connectivity index (χ1v) is 7.66. The molecule has 128 valence electrons. The number of carbonyl (C=O) groups is 1. The van der Waals surface area contributed by atoms with Crippen molar-refractivity contribution in [2.45, 2.75) is 25.1 Å². The average Bonchev–Trinajstić information content (AvgIpc) is 2.52. The van der Waals surface area contributed by atoms with Gasteiger partial charge in [0.1, 0.15) is 0 Å². The molecular formula is C16H22F3N3O. The number of amides is 2. The molecule has 0 aromatic heterocycles. The quantitative estimate of drug-likeness (QED) is 0.895. The van der Waals surface area contributed by atoms with Crippen LogP contribution in [0, 0.1) is 5.92 Å². The lowest BCUT2D eigenvalue weighted by atomic mass is 9.84. The molecule has 2 unspecified atom stereocenters. The molecule has 0 radical (unpaired) electrons. The van der Waals surface area contributed by atoms with Gasteiger partial charge >= 0.3 is 12.2 Å². The Labute approximate surface area is 134 Å². The standard InChI is InChI=1S/C16H22F3N3O/c1-20-15(23)21-10-12-4-3-9-22(2)14(12)11-5-7-13(8-6-11)16(17,18)19/h5-8,12,14H,3-4,9-10H2,1-2H3,(H2,20,21,23). The molecule has 2 rings (SSSR count). The summed E-state index contributed by atoms with van der Waals surface area (Å²) in [4.78, 5) is 13.5. The number of nitrogens with one attached hydrogen (secondary N) is 2. The molecule has 7 heteroatoms. The van der Waals surface area contributed by atoms with Crippen LogP contribution in [0.15, 0.2) is 24.3 Å². The fraction of sp³-hybridized carbons (Fsp3) is 0.562. The second-order valence-corrected chi connectivity index (χ2v) is 5.91. The average molecular weight is 329 g/mol. The number of benzene rings is 1. The number of halogens is 3. The van der Waals surface area contributed by atoms with Gasteiger partial charge in [-0.05, 0) is 50.0 Å². The van der Waals surface area contributed by atoms with E-state index < -0.39 is 11.7 Å². The van der Waals surface area contributed by atoms with E-state index in [2.05, 4.69) is 15.5 Å². The SMILES string of the molecule is CNC(=O)NCC1CCCN(C)C1c1ccc(C(F)(F)F)cc1. The van der Waals surface area contributed by atoms with Crippen LogP contribution in [0.4, 0.5) is 18.0 Å². The van der Waals surface area contributed by atoms with Gasteiger partial charge in [0.2, 0.25) is 0 Å². The summed E-state index contributed by atoms with van der Waals surface area (Å²) in [6.45, 7) is 1.39.